The van der Waals surface area contributed by atoms with Crippen molar-refractivity contribution in [2.45, 2.75) is 40.2 Å². The average molecular weight is 276 g/mol. The molecule has 0 fully saturated rings. The number of hydrogen-bond donors (Lipinski definition) is 1. The van der Waals surface area contributed by atoms with Crippen molar-refractivity contribution in [1.29, 1.82) is 0 Å². The van der Waals surface area contributed by atoms with Crippen LogP contribution in [0, 0.1) is 11.8 Å². The Hall–Kier alpha value is -0.860. The lowest BCUT2D eigenvalue weighted by Gasteiger charge is -2.30. The number of benzene rings is 1. The quantitative estimate of drug-likeness (QED) is 0.734. The van der Waals surface area contributed by atoms with E-state index >= 15 is 0 Å². The van der Waals surface area contributed by atoms with Crippen LogP contribution in [0.4, 0.5) is 0 Å². The van der Waals surface area contributed by atoms with Crippen molar-refractivity contribution in [3.05, 3.63) is 35.9 Å². The van der Waals surface area contributed by atoms with Gasteiger partial charge in [-0.15, -0.1) is 0 Å². The minimum absolute atomic E-state index is 0.445. The lowest BCUT2D eigenvalue weighted by molar-refractivity contribution is 0.221. The summed E-state index contributed by atoms with van der Waals surface area (Å²) in [5.74, 6) is 1.38. The maximum atomic E-state index is 3.64. The van der Waals surface area contributed by atoms with Crippen molar-refractivity contribution < 1.29 is 0 Å². The van der Waals surface area contributed by atoms with Crippen LogP contribution in [0.2, 0.25) is 0 Å². The van der Waals surface area contributed by atoms with E-state index < -0.39 is 0 Å². The fourth-order valence-electron chi connectivity index (χ4n) is 2.86. The normalized spacial score (nSPS) is 16.1. The van der Waals surface area contributed by atoms with Crippen molar-refractivity contribution in [3.8, 4) is 0 Å². The van der Waals surface area contributed by atoms with E-state index in [1.54, 1.807) is 0 Å². The van der Waals surface area contributed by atoms with Crippen molar-refractivity contribution >= 4 is 0 Å². The predicted octanol–water partition coefficient (Wildman–Crippen LogP) is 3.95. The highest BCUT2D eigenvalue weighted by atomic mass is 15.1. The third-order valence-electron chi connectivity index (χ3n) is 4.07. The molecule has 1 N–H and O–H groups in total. The first-order chi connectivity index (χ1) is 9.58. The van der Waals surface area contributed by atoms with Crippen LogP contribution in [0.15, 0.2) is 30.3 Å². The number of nitrogens with one attached hydrogen (secondary N) is 1. The van der Waals surface area contributed by atoms with E-state index in [9.17, 15) is 0 Å². The molecule has 2 nitrogen and oxygen atoms in total. The summed E-state index contributed by atoms with van der Waals surface area (Å²) in [6, 6.07) is 11.3. The number of hydrogen-bond acceptors (Lipinski definition) is 2. The van der Waals surface area contributed by atoms with E-state index in [2.05, 4.69) is 75.3 Å². The van der Waals surface area contributed by atoms with Gasteiger partial charge in [-0.3, -0.25) is 0 Å². The highest BCUT2D eigenvalue weighted by molar-refractivity contribution is 5.19. The molecule has 0 aliphatic rings. The second-order valence-corrected chi connectivity index (χ2v) is 6.16. The van der Waals surface area contributed by atoms with Gasteiger partial charge in [-0.25, -0.2) is 0 Å². The molecular formula is C18H32N2. The largest absolute Gasteiger partial charge is 0.310 e. The van der Waals surface area contributed by atoms with Crippen LogP contribution in [-0.2, 0) is 0 Å². The predicted molar refractivity (Wildman–Crippen MR) is 89.0 cm³/mol. The zero-order valence-corrected chi connectivity index (χ0v) is 13.9. The van der Waals surface area contributed by atoms with Crippen molar-refractivity contribution in [1.82, 2.24) is 10.2 Å². The summed E-state index contributed by atoms with van der Waals surface area (Å²) in [6.45, 7) is 12.5. The molecule has 0 saturated heterocycles. The van der Waals surface area contributed by atoms with Crippen molar-refractivity contribution in [3.63, 3.8) is 0 Å². The first-order valence-corrected chi connectivity index (χ1v) is 8.05. The van der Waals surface area contributed by atoms with Crippen LogP contribution in [0.3, 0.4) is 0 Å². The second-order valence-electron chi connectivity index (χ2n) is 6.16. The van der Waals surface area contributed by atoms with Gasteiger partial charge in [0.25, 0.3) is 0 Å². The number of rotatable bonds is 9. The maximum absolute atomic E-state index is 3.64. The molecule has 1 aromatic carbocycles. The Morgan fingerprint density at radius 3 is 2.25 bits per heavy atom. The third-order valence-corrected chi connectivity index (χ3v) is 4.07. The molecule has 114 valence electrons. The number of nitrogens with zero attached hydrogens (tertiary/aromatic N) is 1. The van der Waals surface area contributed by atoms with E-state index in [1.807, 2.05) is 0 Å². The third kappa shape index (κ3) is 5.64. The molecule has 3 unspecified atom stereocenters. The SMILES string of the molecule is CCNC(c1ccccc1)C(C)CN(C)CC(C)CC. The zero-order chi connectivity index (χ0) is 15.0. The Kier molecular flexibility index (Phi) is 7.86. The Labute approximate surface area is 125 Å². The van der Waals surface area contributed by atoms with Gasteiger partial charge in [-0.05, 0) is 31.0 Å². The summed E-state index contributed by atoms with van der Waals surface area (Å²) in [5.41, 5.74) is 1.40. The van der Waals surface area contributed by atoms with E-state index in [-0.39, 0.29) is 0 Å². The minimum atomic E-state index is 0.445. The van der Waals surface area contributed by atoms with Crippen LogP contribution < -0.4 is 5.32 Å². The van der Waals surface area contributed by atoms with Crippen LogP contribution in [0.1, 0.15) is 45.7 Å². The van der Waals surface area contributed by atoms with Crippen LogP contribution in [-0.4, -0.2) is 31.6 Å². The first kappa shape index (κ1) is 17.2. The molecule has 3 atom stereocenters. The second kappa shape index (κ2) is 9.15. The molecule has 0 heterocycles. The summed E-state index contributed by atoms with van der Waals surface area (Å²) < 4.78 is 0. The lowest BCUT2D eigenvalue weighted by atomic mass is 9.93. The molecule has 0 aliphatic carbocycles. The van der Waals surface area contributed by atoms with E-state index in [0.29, 0.717) is 12.0 Å². The van der Waals surface area contributed by atoms with Gasteiger partial charge in [0.1, 0.15) is 0 Å². The minimum Gasteiger partial charge on any atom is -0.310 e. The van der Waals surface area contributed by atoms with Gasteiger partial charge in [0.2, 0.25) is 0 Å². The van der Waals surface area contributed by atoms with Gasteiger partial charge in [-0.1, -0.05) is 64.4 Å². The molecule has 0 bridgehead atoms. The molecule has 20 heavy (non-hydrogen) atoms. The van der Waals surface area contributed by atoms with Gasteiger partial charge in [0, 0.05) is 19.1 Å². The Balaban J connectivity index is 2.63. The molecule has 2 heteroatoms. The van der Waals surface area contributed by atoms with E-state index in [4.69, 9.17) is 0 Å². The van der Waals surface area contributed by atoms with Crippen molar-refractivity contribution in [2.24, 2.45) is 11.8 Å². The molecular weight excluding hydrogens is 244 g/mol. The molecule has 0 aromatic heterocycles. The fourth-order valence-corrected chi connectivity index (χ4v) is 2.86. The molecule has 0 amide bonds. The Bertz CT molecular complexity index is 350. The standard InChI is InChI=1S/C18H32N2/c1-6-15(3)13-20(5)14-16(4)18(19-7-2)17-11-9-8-10-12-17/h8-12,15-16,18-19H,6-7,13-14H2,1-5H3. The van der Waals surface area contributed by atoms with Gasteiger partial charge in [0.05, 0.1) is 0 Å². The van der Waals surface area contributed by atoms with Crippen LogP contribution in [0.5, 0.6) is 0 Å². The van der Waals surface area contributed by atoms with Gasteiger partial charge >= 0.3 is 0 Å². The topological polar surface area (TPSA) is 15.3 Å². The van der Waals surface area contributed by atoms with E-state index in [1.165, 1.54) is 18.5 Å². The van der Waals surface area contributed by atoms with Crippen LogP contribution >= 0.6 is 0 Å². The first-order valence-electron chi connectivity index (χ1n) is 8.05. The molecule has 0 spiro atoms. The Morgan fingerprint density at radius 1 is 1.05 bits per heavy atom. The molecule has 1 rings (SSSR count). The van der Waals surface area contributed by atoms with Gasteiger partial charge < -0.3 is 10.2 Å². The summed E-state index contributed by atoms with van der Waals surface area (Å²) in [4.78, 5) is 2.48. The van der Waals surface area contributed by atoms with Gasteiger partial charge in [-0.2, -0.15) is 0 Å². The fraction of sp³-hybridized carbons (Fsp3) is 0.667. The summed E-state index contributed by atoms with van der Waals surface area (Å²) >= 11 is 0. The molecule has 1 aromatic rings. The summed E-state index contributed by atoms with van der Waals surface area (Å²) in [5, 5.41) is 3.64. The molecule has 0 aliphatic heterocycles. The Morgan fingerprint density at radius 2 is 1.70 bits per heavy atom. The maximum Gasteiger partial charge on any atom is 0.0358 e. The van der Waals surface area contributed by atoms with Crippen molar-refractivity contribution in [2.75, 3.05) is 26.7 Å². The average Bonchev–Trinajstić information content (AvgIpc) is 2.45. The smallest absolute Gasteiger partial charge is 0.0358 e. The van der Waals surface area contributed by atoms with Crippen LogP contribution in [0.25, 0.3) is 0 Å². The summed E-state index contributed by atoms with van der Waals surface area (Å²) in [6.07, 6.45) is 1.26. The lowest BCUT2D eigenvalue weighted by Crippen LogP contribution is -2.35. The molecule has 0 radical (unpaired) electrons. The highest BCUT2D eigenvalue weighted by Crippen LogP contribution is 2.22. The summed E-state index contributed by atoms with van der Waals surface area (Å²) in [7, 11) is 2.25. The monoisotopic (exact) mass is 276 g/mol. The molecule has 0 saturated carbocycles. The van der Waals surface area contributed by atoms with E-state index in [0.717, 1.165) is 19.0 Å². The zero-order valence-electron chi connectivity index (χ0n) is 13.9. The highest BCUT2D eigenvalue weighted by Gasteiger charge is 2.20. The van der Waals surface area contributed by atoms with Gasteiger partial charge in [0.15, 0.2) is 0 Å².